The highest BCUT2D eigenvalue weighted by Crippen LogP contribution is 2.32. The Labute approximate surface area is 121 Å². The lowest BCUT2D eigenvalue weighted by atomic mass is 9.97. The maximum Gasteiger partial charge on any atom is 0.237 e. The van der Waals surface area contributed by atoms with Gasteiger partial charge in [-0.1, -0.05) is 30.1 Å². The summed E-state index contributed by atoms with van der Waals surface area (Å²) >= 11 is 13.4. The number of thioether (sulfide) groups is 1. The molecule has 0 aliphatic rings. The molecule has 0 fully saturated rings. The fourth-order valence-electron chi connectivity index (χ4n) is 1.52. The van der Waals surface area contributed by atoms with Gasteiger partial charge in [0.25, 0.3) is 0 Å². The van der Waals surface area contributed by atoms with E-state index in [4.69, 9.17) is 34.7 Å². The Morgan fingerprint density at radius 1 is 1.44 bits per heavy atom. The lowest BCUT2D eigenvalue weighted by Crippen LogP contribution is -2.50. The van der Waals surface area contributed by atoms with Gasteiger partial charge in [-0.3, -0.25) is 4.79 Å². The summed E-state index contributed by atoms with van der Waals surface area (Å²) in [4.78, 5) is 12.1. The Kier molecular flexibility index (Phi) is 5.34. The Morgan fingerprint density at radius 2 is 2.06 bits per heavy atom. The molecule has 3 nitrogen and oxygen atoms in total. The quantitative estimate of drug-likeness (QED) is 0.821. The van der Waals surface area contributed by atoms with Crippen molar-refractivity contribution >= 4 is 40.9 Å². The summed E-state index contributed by atoms with van der Waals surface area (Å²) in [7, 11) is 0. The van der Waals surface area contributed by atoms with Crippen molar-refractivity contribution in [3.63, 3.8) is 0 Å². The van der Waals surface area contributed by atoms with Crippen LogP contribution in [0.3, 0.4) is 0 Å². The van der Waals surface area contributed by atoms with Gasteiger partial charge >= 0.3 is 0 Å². The summed E-state index contributed by atoms with van der Waals surface area (Å²) in [6.07, 6.45) is 0.493. The molecule has 0 heterocycles. The van der Waals surface area contributed by atoms with Gasteiger partial charge in [-0.25, -0.2) is 0 Å². The minimum atomic E-state index is -0.997. The monoisotopic (exact) mass is 306 g/mol. The van der Waals surface area contributed by atoms with Crippen LogP contribution in [0.4, 0.5) is 0 Å². The molecule has 100 valence electrons. The molecule has 4 N–H and O–H groups in total. The van der Waals surface area contributed by atoms with E-state index in [1.54, 1.807) is 30.8 Å². The molecule has 1 amide bonds. The van der Waals surface area contributed by atoms with E-state index in [2.05, 4.69) is 0 Å². The standard InChI is InChI=1S/C12H16Cl2N2OS/c1-7(6-12(2,16)11(15)17)18-8-3-4-9(13)10(14)5-8/h3-5,7H,6,16H2,1-2H3,(H2,15,17). The van der Waals surface area contributed by atoms with E-state index in [1.807, 2.05) is 13.0 Å². The molecule has 0 aromatic heterocycles. The summed E-state index contributed by atoms with van der Waals surface area (Å²) in [6, 6.07) is 5.42. The molecule has 18 heavy (non-hydrogen) atoms. The van der Waals surface area contributed by atoms with Crippen molar-refractivity contribution in [1.29, 1.82) is 0 Å². The predicted molar refractivity (Wildman–Crippen MR) is 78.2 cm³/mol. The fourth-order valence-corrected chi connectivity index (χ4v) is 3.11. The van der Waals surface area contributed by atoms with Gasteiger partial charge in [-0.05, 0) is 31.5 Å². The summed E-state index contributed by atoms with van der Waals surface area (Å²) in [6.45, 7) is 3.63. The highest BCUT2D eigenvalue weighted by Gasteiger charge is 2.28. The average Bonchev–Trinajstić information content (AvgIpc) is 2.22. The summed E-state index contributed by atoms with van der Waals surface area (Å²) in [5, 5.41) is 1.18. The minimum Gasteiger partial charge on any atom is -0.368 e. The predicted octanol–water partition coefficient (Wildman–Crippen LogP) is 3.07. The second-order valence-electron chi connectivity index (χ2n) is 4.49. The van der Waals surface area contributed by atoms with Crippen molar-refractivity contribution in [2.24, 2.45) is 11.5 Å². The molecule has 1 rings (SSSR count). The fraction of sp³-hybridized carbons (Fsp3) is 0.417. The van der Waals surface area contributed by atoms with E-state index in [0.29, 0.717) is 16.5 Å². The molecule has 1 aromatic rings. The van der Waals surface area contributed by atoms with E-state index in [0.717, 1.165) is 4.90 Å². The zero-order chi connectivity index (χ0) is 13.9. The van der Waals surface area contributed by atoms with Crippen LogP contribution in [0.5, 0.6) is 0 Å². The van der Waals surface area contributed by atoms with E-state index in [1.165, 1.54) is 0 Å². The van der Waals surface area contributed by atoms with E-state index >= 15 is 0 Å². The van der Waals surface area contributed by atoms with Crippen molar-refractivity contribution in [3.8, 4) is 0 Å². The first kappa shape index (κ1) is 15.6. The zero-order valence-electron chi connectivity index (χ0n) is 10.2. The number of benzene rings is 1. The van der Waals surface area contributed by atoms with Crippen LogP contribution in [-0.4, -0.2) is 16.7 Å². The maximum absolute atomic E-state index is 11.2. The van der Waals surface area contributed by atoms with Crippen LogP contribution in [0.2, 0.25) is 10.0 Å². The lowest BCUT2D eigenvalue weighted by molar-refractivity contribution is -0.122. The molecule has 0 radical (unpaired) electrons. The highest BCUT2D eigenvalue weighted by atomic mass is 35.5. The largest absolute Gasteiger partial charge is 0.368 e. The summed E-state index contributed by atoms with van der Waals surface area (Å²) in [5.74, 6) is -0.496. The van der Waals surface area contributed by atoms with Crippen LogP contribution in [0.25, 0.3) is 0 Å². The molecule has 6 heteroatoms. The molecular weight excluding hydrogens is 291 g/mol. The molecule has 0 aliphatic heterocycles. The molecule has 1 aromatic carbocycles. The first-order valence-electron chi connectivity index (χ1n) is 5.43. The van der Waals surface area contributed by atoms with Gasteiger partial charge in [-0.2, -0.15) is 0 Å². The van der Waals surface area contributed by atoms with Gasteiger partial charge < -0.3 is 11.5 Å². The number of amides is 1. The van der Waals surface area contributed by atoms with Crippen LogP contribution < -0.4 is 11.5 Å². The third-order valence-corrected chi connectivity index (χ3v) is 4.34. The van der Waals surface area contributed by atoms with Crippen LogP contribution in [0.15, 0.2) is 23.1 Å². The first-order valence-corrected chi connectivity index (χ1v) is 7.06. The number of halogens is 2. The maximum atomic E-state index is 11.2. The second-order valence-corrected chi connectivity index (χ2v) is 6.82. The van der Waals surface area contributed by atoms with Gasteiger partial charge in [0.1, 0.15) is 0 Å². The third kappa shape index (κ3) is 4.35. The third-order valence-electron chi connectivity index (χ3n) is 2.50. The Hall–Kier alpha value is -0.420. The normalized spacial score (nSPS) is 16.1. The Bertz CT molecular complexity index is 452. The van der Waals surface area contributed by atoms with E-state index in [-0.39, 0.29) is 5.25 Å². The smallest absolute Gasteiger partial charge is 0.237 e. The number of primary amides is 1. The Balaban J connectivity index is 2.67. The van der Waals surface area contributed by atoms with Gasteiger partial charge in [0.05, 0.1) is 15.6 Å². The first-order chi connectivity index (χ1) is 8.22. The minimum absolute atomic E-state index is 0.143. The number of hydrogen-bond acceptors (Lipinski definition) is 3. The number of nitrogens with two attached hydrogens (primary N) is 2. The summed E-state index contributed by atoms with van der Waals surface area (Å²) in [5.41, 5.74) is 10.1. The van der Waals surface area contributed by atoms with Crippen molar-refractivity contribution in [1.82, 2.24) is 0 Å². The molecule has 0 saturated heterocycles. The zero-order valence-corrected chi connectivity index (χ0v) is 12.6. The van der Waals surface area contributed by atoms with Crippen LogP contribution in [0.1, 0.15) is 20.3 Å². The van der Waals surface area contributed by atoms with Crippen LogP contribution in [0, 0.1) is 0 Å². The van der Waals surface area contributed by atoms with Crippen LogP contribution in [-0.2, 0) is 4.79 Å². The number of hydrogen-bond donors (Lipinski definition) is 2. The average molecular weight is 307 g/mol. The number of carbonyl (C=O) groups excluding carboxylic acids is 1. The SMILES string of the molecule is CC(CC(C)(N)C(N)=O)Sc1ccc(Cl)c(Cl)c1. The van der Waals surface area contributed by atoms with Crippen molar-refractivity contribution in [3.05, 3.63) is 28.2 Å². The van der Waals surface area contributed by atoms with Gasteiger partial charge in [0.15, 0.2) is 0 Å². The van der Waals surface area contributed by atoms with Gasteiger partial charge in [0.2, 0.25) is 5.91 Å². The number of carbonyl (C=O) groups is 1. The molecule has 2 unspecified atom stereocenters. The Morgan fingerprint density at radius 3 is 2.56 bits per heavy atom. The van der Waals surface area contributed by atoms with Crippen molar-refractivity contribution < 1.29 is 4.79 Å². The van der Waals surface area contributed by atoms with Gasteiger partial charge in [0, 0.05) is 10.1 Å². The molecule has 0 spiro atoms. The molecular formula is C12H16Cl2N2OS. The van der Waals surface area contributed by atoms with Gasteiger partial charge in [-0.15, -0.1) is 11.8 Å². The topological polar surface area (TPSA) is 69.1 Å². The van der Waals surface area contributed by atoms with Crippen molar-refractivity contribution in [2.75, 3.05) is 0 Å². The van der Waals surface area contributed by atoms with Crippen LogP contribution >= 0.6 is 35.0 Å². The lowest BCUT2D eigenvalue weighted by Gasteiger charge is -2.24. The number of rotatable bonds is 5. The van der Waals surface area contributed by atoms with E-state index < -0.39 is 11.4 Å². The summed E-state index contributed by atoms with van der Waals surface area (Å²) < 4.78 is 0. The molecule has 0 bridgehead atoms. The van der Waals surface area contributed by atoms with Crippen molar-refractivity contribution in [2.45, 2.75) is 36.0 Å². The highest BCUT2D eigenvalue weighted by molar-refractivity contribution is 8.00. The second kappa shape index (κ2) is 6.15. The molecule has 2 atom stereocenters. The van der Waals surface area contributed by atoms with E-state index in [9.17, 15) is 4.79 Å². The molecule has 0 saturated carbocycles. The molecule has 0 aliphatic carbocycles.